The van der Waals surface area contributed by atoms with E-state index >= 15 is 0 Å². The van der Waals surface area contributed by atoms with Crippen LogP contribution in [0.15, 0.2) is 47.5 Å². The molecule has 216 valence electrons. The van der Waals surface area contributed by atoms with Gasteiger partial charge in [0.2, 0.25) is 0 Å². The third-order valence-corrected chi connectivity index (χ3v) is 10.2. The molecule has 40 heavy (non-hydrogen) atoms. The van der Waals surface area contributed by atoms with Gasteiger partial charge in [-0.25, -0.2) is 4.99 Å². The molecule has 3 aliphatic carbocycles. The first-order valence-corrected chi connectivity index (χ1v) is 15.4. The molecule has 6 atom stereocenters. The SMILES string of the molecule is CC(Cc1ccc(Cl)cc1Cl)NC(=O)c1ccc(NC(=N[C@H]2C[C@@H]3C[C@@H]([C@H]2C)C3(C)C)N2CCN[C@@H](C)C2)cc1. The van der Waals surface area contributed by atoms with E-state index in [1.807, 2.05) is 43.3 Å². The predicted octanol–water partition coefficient (Wildman–Crippen LogP) is 6.49. The summed E-state index contributed by atoms with van der Waals surface area (Å²) >= 11 is 12.3. The number of rotatable bonds is 6. The van der Waals surface area contributed by atoms with Crippen molar-refractivity contribution in [1.29, 1.82) is 0 Å². The Labute approximate surface area is 249 Å². The second-order valence-electron chi connectivity index (χ2n) is 12.8. The lowest BCUT2D eigenvalue weighted by molar-refractivity contribution is -0.108. The standard InChI is InChI=1S/C32H43Cl2N5O/c1-19(14-23-6-9-25(33)17-28(23)34)36-30(40)22-7-10-26(11-8-22)37-31(39-13-12-35-20(2)18-39)38-29-16-24-15-27(21(29)3)32(24,4)5/h6-11,17,19-21,24,27,29,35H,12-16,18H2,1-5H3,(H,36,40)(H,37,38)/t19?,20-,21+,24-,27-,29-/m0/s1. The third kappa shape index (κ3) is 6.29. The first-order chi connectivity index (χ1) is 19.0. The fraction of sp³-hybridized carbons (Fsp3) is 0.562. The predicted molar refractivity (Wildman–Crippen MR) is 167 cm³/mol. The first kappa shape index (κ1) is 29.2. The number of hydrogen-bond donors (Lipinski definition) is 3. The lowest BCUT2D eigenvalue weighted by atomic mass is 9.45. The van der Waals surface area contributed by atoms with Crippen molar-refractivity contribution in [3.63, 3.8) is 0 Å². The van der Waals surface area contributed by atoms with Crippen molar-refractivity contribution < 1.29 is 4.79 Å². The summed E-state index contributed by atoms with van der Waals surface area (Å²) < 4.78 is 0. The van der Waals surface area contributed by atoms with Crippen molar-refractivity contribution in [3.8, 4) is 0 Å². The number of carbonyl (C=O) groups excluding carboxylic acids is 1. The Morgan fingerprint density at radius 1 is 1.15 bits per heavy atom. The van der Waals surface area contributed by atoms with Crippen molar-refractivity contribution in [3.05, 3.63) is 63.6 Å². The highest BCUT2D eigenvalue weighted by atomic mass is 35.5. The molecule has 1 unspecified atom stereocenters. The summed E-state index contributed by atoms with van der Waals surface area (Å²) in [5.41, 5.74) is 2.96. The van der Waals surface area contributed by atoms with Crippen molar-refractivity contribution in [2.45, 2.75) is 72.0 Å². The van der Waals surface area contributed by atoms with E-state index in [-0.39, 0.29) is 11.9 Å². The average molecular weight is 585 g/mol. The lowest BCUT2D eigenvalue weighted by Crippen LogP contribution is -2.57. The third-order valence-electron chi connectivity index (χ3n) is 9.59. The molecule has 6 nitrogen and oxygen atoms in total. The van der Waals surface area contributed by atoms with Gasteiger partial charge in [0, 0.05) is 53.0 Å². The highest BCUT2D eigenvalue weighted by molar-refractivity contribution is 6.35. The number of carbonyl (C=O) groups is 1. The van der Waals surface area contributed by atoms with Crippen LogP contribution in [0.3, 0.4) is 0 Å². The molecule has 1 aliphatic heterocycles. The monoisotopic (exact) mass is 583 g/mol. The molecule has 0 aromatic heterocycles. The molecule has 2 aromatic rings. The minimum atomic E-state index is -0.105. The average Bonchev–Trinajstić information content (AvgIpc) is 2.91. The van der Waals surface area contributed by atoms with Crippen LogP contribution >= 0.6 is 23.2 Å². The summed E-state index contributed by atoms with van der Waals surface area (Å²) in [6.07, 6.45) is 3.14. The number of benzene rings is 2. The van der Waals surface area contributed by atoms with Crippen LogP contribution in [0.2, 0.25) is 10.0 Å². The van der Waals surface area contributed by atoms with E-state index in [9.17, 15) is 4.79 Å². The fourth-order valence-electron chi connectivity index (χ4n) is 6.98. The summed E-state index contributed by atoms with van der Waals surface area (Å²) in [5, 5.41) is 11.5. The van der Waals surface area contributed by atoms with Crippen LogP contribution in [0.1, 0.15) is 63.4 Å². The highest BCUT2D eigenvalue weighted by Crippen LogP contribution is 2.61. The Bertz CT molecular complexity index is 1250. The van der Waals surface area contributed by atoms with Gasteiger partial charge in [0.25, 0.3) is 5.91 Å². The van der Waals surface area contributed by atoms with Crippen molar-refractivity contribution in [2.24, 2.45) is 28.2 Å². The van der Waals surface area contributed by atoms with E-state index in [0.717, 1.165) is 55.1 Å². The van der Waals surface area contributed by atoms with E-state index in [2.05, 4.69) is 48.5 Å². The van der Waals surface area contributed by atoms with Crippen LogP contribution in [-0.4, -0.2) is 54.5 Å². The van der Waals surface area contributed by atoms with Gasteiger partial charge in [-0.05, 0) is 98.2 Å². The summed E-state index contributed by atoms with van der Waals surface area (Å²) in [6, 6.07) is 13.8. The first-order valence-electron chi connectivity index (χ1n) is 14.7. The maximum Gasteiger partial charge on any atom is 0.251 e. The van der Waals surface area contributed by atoms with Gasteiger partial charge in [-0.1, -0.05) is 50.0 Å². The van der Waals surface area contributed by atoms with Crippen LogP contribution in [-0.2, 0) is 6.42 Å². The molecular formula is C32H43Cl2N5O. The van der Waals surface area contributed by atoms with Gasteiger partial charge in [0.05, 0.1) is 6.04 Å². The minimum absolute atomic E-state index is 0.0777. The quantitative estimate of drug-likeness (QED) is 0.268. The van der Waals surface area contributed by atoms with Crippen LogP contribution in [0, 0.1) is 23.2 Å². The fourth-order valence-corrected chi connectivity index (χ4v) is 7.46. The normalized spacial score (nSPS) is 28.4. The number of nitrogens with zero attached hydrogens (tertiary/aromatic N) is 2. The molecule has 1 heterocycles. The summed E-state index contributed by atoms with van der Waals surface area (Å²) in [5.74, 6) is 2.94. The van der Waals surface area contributed by atoms with E-state index in [4.69, 9.17) is 28.2 Å². The van der Waals surface area contributed by atoms with Gasteiger partial charge < -0.3 is 20.9 Å². The van der Waals surface area contributed by atoms with Crippen LogP contribution in [0.5, 0.6) is 0 Å². The molecule has 3 saturated carbocycles. The molecule has 6 rings (SSSR count). The van der Waals surface area contributed by atoms with Gasteiger partial charge in [0.1, 0.15) is 0 Å². The van der Waals surface area contributed by atoms with Gasteiger partial charge in [-0.3, -0.25) is 4.79 Å². The molecule has 4 aliphatic rings. The van der Waals surface area contributed by atoms with Gasteiger partial charge in [0.15, 0.2) is 5.96 Å². The number of nitrogens with one attached hydrogen (secondary N) is 3. The number of halogens is 2. The zero-order chi connectivity index (χ0) is 28.6. The largest absolute Gasteiger partial charge is 0.349 e. The van der Waals surface area contributed by atoms with E-state index in [1.165, 1.54) is 6.42 Å². The zero-order valence-electron chi connectivity index (χ0n) is 24.3. The Hall–Kier alpha value is -2.28. The number of fused-ring (bicyclic) bond motifs is 2. The molecule has 1 amide bonds. The van der Waals surface area contributed by atoms with Crippen molar-refractivity contribution >= 4 is 40.8 Å². The second kappa shape index (κ2) is 11.9. The minimum Gasteiger partial charge on any atom is -0.349 e. The molecule has 0 radical (unpaired) electrons. The smallest absolute Gasteiger partial charge is 0.251 e. The second-order valence-corrected chi connectivity index (χ2v) is 13.6. The van der Waals surface area contributed by atoms with Crippen LogP contribution in [0.25, 0.3) is 0 Å². The molecular weight excluding hydrogens is 541 g/mol. The lowest BCUT2D eigenvalue weighted by Gasteiger charge is -2.61. The maximum absolute atomic E-state index is 13.0. The number of amides is 1. The van der Waals surface area contributed by atoms with E-state index in [0.29, 0.717) is 45.4 Å². The van der Waals surface area contributed by atoms with Gasteiger partial charge in [-0.2, -0.15) is 0 Å². The van der Waals surface area contributed by atoms with E-state index in [1.54, 1.807) is 6.07 Å². The zero-order valence-corrected chi connectivity index (χ0v) is 25.8. The molecule has 8 heteroatoms. The molecule has 1 saturated heterocycles. The Kier molecular flexibility index (Phi) is 8.70. The molecule has 3 N–H and O–H groups in total. The highest BCUT2D eigenvalue weighted by Gasteiger charge is 2.56. The Balaban J connectivity index is 1.25. The summed E-state index contributed by atoms with van der Waals surface area (Å²) in [7, 11) is 0. The van der Waals surface area contributed by atoms with Gasteiger partial charge in [-0.15, -0.1) is 0 Å². The summed E-state index contributed by atoms with van der Waals surface area (Å²) in [6.45, 7) is 14.2. The molecule has 4 fully saturated rings. The molecule has 0 spiro atoms. The van der Waals surface area contributed by atoms with Crippen molar-refractivity contribution in [1.82, 2.24) is 15.5 Å². The number of aliphatic imine (C=N–C) groups is 1. The Morgan fingerprint density at radius 3 is 2.55 bits per heavy atom. The number of guanidine groups is 1. The van der Waals surface area contributed by atoms with Crippen LogP contribution < -0.4 is 16.0 Å². The summed E-state index contributed by atoms with van der Waals surface area (Å²) in [4.78, 5) is 20.7. The number of anilines is 1. The van der Waals surface area contributed by atoms with E-state index < -0.39 is 0 Å². The topological polar surface area (TPSA) is 68.8 Å². The Morgan fingerprint density at radius 2 is 1.90 bits per heavy atom. The molecule has 2 aromatic carbocycles. The van der Waals surface area contributed by atoms with Crippen LogP contribution in [0.4, 0.5) is 5.69 Å². The molecule has 2 bridgehead atoms. The number of piperazine rings is 1. The number of hydrogen-bond acceptors (Lipinski definition) is 3. The van der Waals surface area contributed by atoms with Gasteiger partial charge >= 0.3 is 0 Å². The van der Waals surface area contributed by atoms with Crippen molar-refractivity contribution in [2.75, 3.05) is 25.0 Å². The maximum atomic E-state index is 13.0.